The summed E-state index contributed by atoms with van der Waals surface area (Å²) in [6, 6.07) is 8.10. The molecular formula is C42H67NO3. The minimum Gasteiger partial charge on any atom is -0.465 e. The second kappa shape index (κ2) is 14.1. The summed E-state index contributed by atoms with van der Waals surface area (Å²) in [5.74, 6) is 3.03. The number of nitrogens with two attached hydrogens (primary N) is 1. The van der Waals surface area contributed by atoms with E-state index in [0.717, 1.165) is 12.3 Å². The molecule has 4 saturated carbocycles. The van der Waals surface area contributed by atoms with E-state index < -0.39 is 0 Å². The van der Waals surface area contributed by atoms with Gasteiger partial charge >= 0.3 is 5.97 Å². The minimum atomic E-state index is -0.270. The number of carbonyl (C=O) groups excluding carboxylic acids is 2. The molecule has 1 aromatic rings. The van der Waals surface area contributed by atoms with E-state index in [2.05, 4.69) is 66.3 Å². The predicted octanol–water partition coefficient (Wildman–Crippen LogP) is 10.7. The average Bonchev–Trinajstić information content (AvgIpc) is 3.41. The second-order valence-corrected chi connectivity index (χ2v) is 16.0. The first-order valence-electron chi connectivity index (χ1n) is 18.4. The van der Waals surface area contributed by atoms with Gasteiger partial charge in [0.15, 0.2) is 0 Å². The zero-order chi connectivity index (χ0) is 34.9. The standard InChI is InChI=1S/C37H53NO2.2C2H6.CH2O/c1-23(2)26-15-20-37(38)22-21-35(6)28(31(26)37)13-14-30-34(5)18-16-27(24-9-11-25(12-10-24)32(39)40-8)33(3,4)29(34)17-19-36(30,35)7;3*1-2/h9-12,16,26,28-31H,1,13-15,17-22,38H2,2-8H3;2*1-2H3;1H2/t26-,28?,29?,30?,31+,34?,35+,36?,37?;;;/m0.../s1. The molecule has 5 aliphatic carbocycles. The monoisotopic (exact) mass is 634 g/mol. The maximum Gasteiger partial charge on any atom is 0.337 e. The van der Waals surface area contributed by atoms with Gasteiger partial charge in [-0.25, -0.2) is 4.79 Å². The summed E-state index contributed by atoms with van der Waals surface area (Å²) in [4.78, 5) is 20.0. The molecule has 4 fully saturated rings. The number of ether oxygens (including phenoxy) is 1. The van der Waals surface area contributed by atoms with Crippen molar-refractivity contribution in [3.8, 4) is 0 Å². The summed E-state index contributed by atoms with van der Waals surface area (Å²) in [7, 11) is 1.45. The van der Waals surface area contributed by atoms with Gasteiger partial charge in [0, 0.05) is 5.54 Å². The Morgan fingerprint density at radius 1 is 0.826 bits per heavy atom. The third-order valence-corrected chi connectivity index (χ3v) is 14.3. The van der Waals surface area contributed by atoms with Crippen molar-refractivity contribution in [2.24, 2.45) is 57.0 Å². The number of fused-ring (bicyclic) bond motifs is 7. The molecule has 4 heteroatoms. The highest BCUT2D eigenvalue weighted by Gasteiger charge is 2.70. The van der Waals surface area contributed by atoms with Crippen molar-refractivity contribution in [1.29, 1.82) is 0 Å². The third-order valence-electron chi connectivity index (χ3n) is 14.3. The number of benzene rings is 1. The molecule has 0 spiro atoms. The van der Waals surface area contributed by atoms with Crippen LogP contribution in [0.3, 0.4) is 0 Å². The Kier molecular flexibility index (Phi) is 11.7. The van der Waals surface area contributed by atoms with Crippen LogP contribution in [0.2, 0.25) is 0 Å². The van der Waals surface area contributed by atoms with Crippen LogP contribution in [-0.2, 0) is 9.53 Å². The van der Waals surface area contributed by atoms with Crippen molar-refractivity contribution in [3.63, 3.8) is 0 Å². The van der Waals surface area contributed by atoms with Crippen LogP contribution in [-0.4, -0.2) is 25.4 Å². The van der Waals surface area contributed by atoms with Crippen molar-refractivity contribution >= 4 is 18.3 Å². The lowest BCUT2D eigenvalue weighted by Gasteiger charge is -2.72. The predicted molar refractivity (Wildman–Crippen MR) is 194 cm³/mol. The van der Waals surface area contributed by atoms with E-state index >= 15 is 0 Å². The molecule has 0 amide bonds. The Bertz CT molecular complexity index is 1260. The van der Waals surface area contributed by atoms with Gasteiger partial charge in [-0.05, 0) is 139 Å². The number of esters is 1. The zero-order valence-corrected chi connectivity index (χ0v) is 31.4. The van der Waals surface area contributed by atoms with E-state index in [1.165, 1.54) is 75.2 Å². The van der Waals surface area contributed by atoms with E-state index in [-0.39, 0.29) is 16.9 Å². The quantitative estimate of drug-likeness (QED) is 0.266. The molecule has 0 aromatic heterocycles. The molecule has 6 unspecified atom stereocenters. The van der Waals surface area contributed by atoms with Crippen LogP contribution in [0.25, 0.3) is 5.57 Å². The van der Waals surface area contributed by atoms with Crippen LogP contribution < -0.4 is 5.73 Å². The number of methoxy groups -OCH3 is 1. The lowest BCUT2D eigenvalue weighted by atomic mass is 9.33. The molecule has 0 saturated heterocycles. The van der Waals surface area contributed by atoms with Crippen molar-refractivity contribution in [1.82, 2.24) is 0 Å². The fourth-order valence-corrected chi connectivity index (χ4v) is 12.2. The van der Waals surface area contributed by atoms with Crippen LogP contribution in [0.5, 0.6) is 0 Å². The summed E-state index contributed by atoms with van der Waals surface area (Å²) in [5.41, 5.74) is 13.0. The number of carbonyl (C=O) groups is 2. The van der Waals surface area contributed by atoms with Crippen LogP contribution >= 0.6 is 0 Å². The van der Waals surface area contributed by atoms with Crippen LogP contribution in [0, 0.1) is 51.2 Å². The van der Waals surface area contributed by atoms with Gasteiger partial charge in [0.2, 0.25) is 0 Å². The molecule has 1 aromatic carbocycles. The van der Waals surface area contributed by atoms with Gasteiger partial charge in [-0.2, -0.15) is 0 Å². The normalized spacial score (nSPS) is 39.7. The highest BCUT2D eigenvalue weighted by atomic mass is 16.5. The Hall–Kier alpha value is -2.20. The first-order chi connectivity index (χ1) is 21.7. The van der Waals surface area contributed by atoms with Gasteiger partial charge in [-0.1, -0.05) is 92.7 Å². The molecule has 6 rings (SSSR count). The molecule has 46 heavy (non-hydrogen) atoms. The van der Waals surface area contributed by atoms with Crippen LogP contribution in [0.15, 0.2) is 42.5 Å². The molecule has 5 aliphatic rings. The summed E-state index contributed by atoms with van der Waals surface area (Å²) in [6.07, 6.45) is 13.9. The lowest BCUT2D eigenvalue weighted by Crippen LogP contribution is -2.67. The second-order valence-electron chi connectivity index (χ2n) is 16.0. The molecule has 258 valence electrons. The summed E-state index contributed by atoms with van der Waals surface area (Å²) < 4.78 is 4.93. The van der Waals surface area contributed by atoms with Crippen molar-refractivity contribution in [2.45, 2.75) is 133 Å². The molecule has 0 bridgehead atoms. The molecule has 9 atom stereocenters. The van der Waals surface area contributed by atoms with E-state index in [1.807, 2.05) is 46.6 Å². The summed E-state index contributed by atoms with van der Waals surface area (Å²) in [6.45, 7) is 29.8. The largest absolute Gasteiger partial charge is 0.465 e. The van der Waals surface area contributed by atoms with E-state index in [1.54, 1.807) is 0 Å². The van der Waals surface area contributed by atoms with E-state index in [0.29, 0.717) is 45.5 Å². The highest BCUT2D eigenvalue weighted by Crippen LogP contribution is 2.76. The first-order valence-corrected chi connectivity index (χ1v) is 18.4. The molecule has 4 nitrogen and oxygen atoms in total. The van der Waals surface area contributed by atoms with Gasteiger partial charge in [-0.3, -0.25) is 0 Å². The van der Waals surface area contributed by atoms with Gasteiger partial charge in [0.25, 0.3) is 0 Å². The average molecular weight is 634 g/mol. The zero-order valence-electron chi connectivity index (χ0n) is 31.4. The van der Waals surface area contributed by atoms with E-state index in [4.69, 9.17) is 15.3 Å². The summed E-state index contributed by atoms with van der Waals surface area (Å²) in [5, 5.41) is 0. The fraction of sp³-hybridized carbons (Fsp3) is 0.714. The Morgan fingerprint density at radius 3 is 2.00 bits per heavy atom. The molecule has 0 aliphatic heterocycles. The lowest BCUT2D eigenvalue weighted by molar-refractivity contribution is -0.217. The van der Waals surface area contributed by atoms with Gasteiger partial charge in [0.05, 0.1) is 12.7 Å². The maximum absolute atomic E-state index is 12.0. The SMILES string of the molecule is C=C(C)[C@@H]1CCC2(N)CC[C@]3(C)C(CCC4C5(C)CC=C(c6ccc(C(=O)OC)cc6)C(C)(C)C5CCC43C)[C@@H]12.C=O.CC.CC. The van der Waals surface area contributed by atoms with Gasteiger partial charge in [-0.15, -0.1) is 0 Å². The number of hydrogen-bond acceptors (Lipinski definition) is 4. The van der Waals surface area contributed by atoms with Gasteiger partial charge < -0.3 is 15.3 Å². The summed E-state index contributed by atoms with van der Waals surface area (Å²) >= 11 is 0. The Balaban J connectivity index is 0.000000908. The number of hydrogen-bond donors (Lipinski definition) is 1. The number of allylic oxidation sites excluding steroid dienone is 3. The van der Waals surface area contributed by atoms with Crippen molar-refractivity contribution in [2.75, 3.05) is 7.11 Å². The molecule has 2 N–H and O–H groups in total. The smallest absolute Gasteiger partial charge is 0.337 e. The van der Waals surface area contributed by atoms with Crippen molar-refractivity contribution < 1.29 is 14.3 Å². The fourth-order valence-electron chi connectivity index (χ4n) is 12.2. The molecule has 0 radical (unpaired) electrons. The van der Waals surface area contributed by atoms with Crippen LogP contribution in [0.4, 0.5) is 0 Å². The first kappa shape index (κ1) is 38.2. The third kappa shape index (κ3) is 5.67. The topological polar surface area (TPSA) is 69.4 Å². The number of rotatable bonds is 3. The van der Waals surface area contributed by atoms with Crippen LogP contribution in [0.1, 0.15) is 143 Å². The molecular weight excluding hydrogens is 566 g/mol. The maximum atomic E-state index is 12.0. The van der Waals surface area contributed by atoms with Crippen molar-refractivity contribution in [3.05, 3.63) is 53.6 Å². The minimum absolute atomic E-state index is 0.0198. The van der Waals surface area contributed by atoms with Gasteiger partial charge in [0.1, 0.15) is 6.79 Å². The Labute approximate surface area is 282 Å². The van der Waals surface area contributed by atoms with E-state index in [9.17, 15) is 4.79 Å². The molecule has 0 heterocycles. The Morgan fingerprint density at radius 2 is 1.43 bits per heavy atom. The highest BCUT2D eigenvalue weighted by molar-refractivity contribution is 5.89.